The highest BCUT2D eigenvalue weighted by molar-refractivity contribution is 5.85. The molecule has 1 atom stereocenters. The molecule has 1 aliphatic heterocycles. The van der Waals surface area contributed by atoms with Crippen LogP contribution in [0.1, 0.15) is 0 Å². The zero-order valence-electron chi connectivity index (χ0n) is 6.69. The Bertz CT molecular complexity index is 255. The van der Waals surface area contributed by atoms with Gasteiger partial charge in [-0.2, -0.15) is 0 Å². The smallest absolute Gasteiger partial charge is 0.0957 e. The van der Waals surface area contributed by atoms with Gasteiger partial charge in [0.1, 0.15) is 0 Å². The van der Waals surface area contributed by atoms with E-state index in [1.165, 1.54) is 11.1 Å². The molecule has 0 amide bonds. The molecule has 0 aromatic heterocycles. The standard InChI is InChI=1S/C9H11NO.ClH/c10-6-9-8-3-1-2-7(8)4-5-11-9;/h1-4,9H,5-6,10H2;1H. The van der Waals surface area contributed by atoms with Gasteiger partial charge < -0.3 is 10.5 Å². The van der Waals surface area contributed by atoms with E-state index in [1.807, 2.05) is 6.08 Å². The maximum absolute atomic E-state index is 5.54. The van der Waals surface area contributed by atoms with E-state index in [9.17, 15) is 0 Å². The summed E-state index contributed by atoms with van der Waals surface area (Å²) in [7, 11) is 0. The number of ether oxygens (including phenoxy) is 1. The fraction of sp³-hybridized carbons (Fsp3) is 0.333. The van der Waals surface area contributed by atoms with E-state index >= 15 is 0 Å². The SMILES string of the molecule is Cl.NCC1OCC=C2C=CC=C21. The second-order valence-electron chi connectivity index (χ2n) is 2.70. The minimum absolute atomic E-state index is 0. The molecule has 2 nitrogen and oxygen atoms in total. The van der Waals surface area contributed by atoms with Gasteiger partial charge in [0.15, 0.2) is 0 Å². The lowest BCUT2D eigenvalue weighted by atomic mass is 10.0. The van der Waals surface area contributed by atoms with Crippen LogP contribution in [0.2, 0.25) is 0 Å². The summed E-state index contributed by atoms with van der Waals surface area (Å²) in [5.41, 5.74) is 8.06. The van der Waals surface area contributed by atoms with E-state index in [1.54, 1.807) is 0 Å². The molecule has 0 aromatic carbocycles. The minimum atomic E-state index is 0. The Hall–Kier alpha value is -0.570. The van der Waals surface area contributed by atoms with Gasteiger partial charge in [-0.3, -0.25) is 0 Å². The van der Waals surface area contributed by atoms with Crippen molar-refractivity contribution < 1.29 is 4.74 Å². The summed E-state index contributed by atoms with van der Waals surface area (Å²) in [6, 6.07) is 0. The lowest BCUT2D eigenvalue weighted by molar-refractivity contribution is 0.102. The molecular weight excluding hydrogens is 174 g/mol. The average molecular weight is 186 g/mol. The van der Waals surface area contributed by atoms with Crippen molar-refractivity contribution in [3.8, 4) is 0 Å². The monoisotopic (exact) mass is 185 g/mol. The van der Waals surface area contributed by atoms with E-state index in [2.05, 4.69) is 18.2 Å². The van der Waals surface area contributed by atoms with Crippen LogP contribution in [0, 0.1) is 0 Å². The van der Waals surface area contributed by atoms with Gasteiger partial charge in [-0.1, -0.05) is 24.3 Å². The summed E-state index contributed by atoms with van der Waals surface area (Å²) in [5.74, 6) is 0. The van der Waals surface area contributed by atoms with Crippen molar-refractivity contribution in [3.05, 3.63) is 35.5 Å². The largest absolute Gasteiger partial charge is 0.368 e. The predicted molar refractivity (Wildman–Crippen MR) is 51.3 cm³/mol. The highest BCUT2D eigenvalue weighted by Gasteiger charge is 2.20. The number of nitrogens with two attached hydrogens (primary N) is 1. The molecule has 0 saturated carbocycles. The maximum atomic E-state index is 5.54. The van der Waals surface area contributed by atoms with E-state index in [4.69, 9.17) is 10.5 Å². The third-order valence-electron chi connectivity index (χ3n) is 2.05. The summed E-state index contributed by atoms with van der Waals surface area (Å²) >= 11 is 0. The molecule has 0 bridgehead atoms. The fourth-order valence-corrected chi connectivity index (χ4v) is 1.47. The van der Waals surface area contributed by atoms with Gasteiger partial charge in [0.2, 0.25) is 0 Å². The van der Waals surface area contributed by atoms with Gasteiger partial charge in [-0.05, 0) is 11.1 Å². The molecule has 1 unspecified atom stereocenters. The van der Waals surface area contributed by atoms with Crippen molar-refractivity contribution in [2.45, 2.75) is 6.10 Å². The highest BCUT2D eigenvalue weighted by atomic mass is 35.5. The Morgan fingerprint density at radius 1 is 1.58 bits per heavy atom. The summed E-state index contributed by atoms with van der Waals surface area (Å²) in [6.45, 7) is 1.27. The molecular formula is C9H12ClNO. The lowest BCUT2D eigenvalue weighted by Crippen LogP contribution is -2.28. The Balaban J connectivity index is 0.000000720. The molecule has 0 aromatic rings. The normalized spacial score (nSPS) is 25.6. The fourth-order valence-electron chi connectivity index (χ4n) is 1.47. The first-order chi connectivity index (χ1) is 5.42. The molecule has 2 N–H and O–H groups in total. The predicted octanol–water partition coefficient (Wildman–Crippen LogP) is 1.19. The minimum Gasteiger partial charge on any atom is -0.368 e. The number of hydrogen-bond acceptors (Lipinski definition) is 2. The van der Waals surface area contributed by atoms with Gasteiger partial charge in [0.05, 0.1) is 12.7 Å². The summed E-state index contributed by atoms with van der Waals surface area (Å²) < 4.78 is 5.43. The van der Waals surface area contributed by atoms with Gasteiger partial charge in [-0.25, -0.2) is 0 Å². The van der Waals surface area contributed by atoms with Crippen LogP contribution in [0.4, 0.5) is 0 Å². The van der Waals surface area contributed by atoms with Crippen molar-refractivity contribution in [1.29, 1.82) is 0 Å². The lowest BCUT2D eigenvalue weighted by Gasteiger charge is -2.22. The van der Waals surface area contributed by atoms with Crippen molar-refractivity contribution in [1.82, 2.24) is 0 Å². The zero-order chi connectivity index (χ0) is 7.68. The van der Waals surface area contributed by atoms with Crippen LogP contribution in [-0.4, -0.2) is 19.3 Å². The Morgan fingerprint density at radius 3 is 3.17 bits per heavy atom. The third-order valence-corrected chi connectivity index (χ3v) is 2.05. The van der Waals surface area contributed by atoms with E-state index in [0.29, 0.717) is 13.2 Å². The number of halogens is 1. The Kier molecular flexibility index (Phi) is 3.09. The van der Waals surface area contributed by atoms with Crippen LogP contribution < -0.4 is 5.73 Å². The molecule has 0 spiro atoms. The van der Waals surface area contributed by atoms with Crippen LogP contribution in [0.15, 0.2) is 35.5 Å². The Labute approximate surface area is 78.2 Å². The molecule has 1 aliphatic carbocycles. The molecule has 1 heterocycles. The van der Waals surface area contributed by atoms with E-state index in [0.717, 1.165) is 0 Å². The number of allylic oxidation sites excluding steroid dienone is 3. The van der Waals surface area contributed by atoms with Crippen molar-refractivity contribution >= 4 is 12.4 Å². The topological polar surface area (TPSA) is 35.2 Å². The van der Waals surface area contributed by atoms with Gasteiger partial charge >= 0.3 is 0 Å². The van der Waals surface area contributed by atoms with E-state index < -0.39 is 0 Å². The summed E-state index contributed by atoms with van der Waals surface area (Å²) in [4.78, 5) is 0. The number of rotatable bonds is 1. The molecule has 2 rings (SSSR count). The molecule has 0 fully saturated rings. The van der Waals surface area contributed by atoms with Gasteiger partial charge in [0, 0.05) is 6.54 Å². The van der Waals surface area contributed by atoms with Crippen LogP contribution in [0.3, 0.4) is 0 Å². The first-order valence-corrected chi connectivity index (χ1v) is 3.82. The van der Waals surface area contributed by atoms with Crippen LogP contribution in [0.25, 0.3) is 0 Å². The quantitative estimate of drug-likeness (QED) is 0.666. The third kappa shape index (κ3) is 1.46. The van der Waals surface area contributed by atoms with Crippen LogP contribution in [0.5, 0.6) is 0 Å². The molecule has 2 aliphatic rings. The molecule has 12 heavy (non-hydrogen) atoms. The first-order valence-electron chi connectivity index (χ1n) is 3.82. The average Bonchev–Trinajstić information content (AvgIpc) is 2.50. The maximum Gasteiger partial charge on any atom is 0.0957 e. The van der Waals surface area contributed by atoms with E-state index in [-0.39, 0.29) is 18.5 Å². The number of hydrogen-bond donors (Lipinski definition) is 1. The van der Waals surface area contributed by atoms with Crippen molar-refractivity contribution in [3.63, 3.8) is 0 Å². The highest BCUT2D eigenvalue weighted by Crippen LogP contribution is 2.26. The molecule has 0 radical (unpaired) electrons. The summed E-state index contributed by atoms with van der Waals surface area (Å²) in [5, 5.41) is 0. The second kappa shape index (κ2) is 3.90. The number of fused-ring (bicyclic) bond motifs is 1. The first kappa shape index (κ1) is 9.52. The molecule has 0 saturated heterocycles. The zero-order valence-corrected chi connectivity index (χ0v) is 7.51. The molecule has 3 heteroatoms. The van der Waals surface area contributed by atoms with Crippen LogP contribution in [-0.2, 0) is 4.74 Å². The van der Waals surface area contributed by atoms with Gasteiger partial charge in [0.25, 0.3) is 0 Å². The molecule has 66 valence electrons. The van der Waals surface area contributed by atoms with Crippen molar-refractivity contribution in [2.24, 2.45) is 5.73 Å². The van der Waals surface area contributed by atoms with Crippen LogP contribution >= 0.6 is 12.4 Å². The Morgan fingerprint density at radius 2 is 2.42 bits per heavy atom. The summed E-state index contributed by atoms with van der Waals surface area (Å²) in [6.07, 6.45) is 8.41. The van der Waals surface area contributed by atoms with Gasteiger partial charge in [-0.15, -0.1) is 12.4 Å². The second-order valence-corrected chi connectivity index (χ2v) is 2.70. The van der Waals surface area contributed by atoms with Crippen molar-refractivity contribution in [2.75, 3.05) is 13.2 Å².